The van der Waals surface area contributed by atoms with Crippen LogP contribution in [-0.4, -0.2) is 71.0 Å². The van der Waals surface area contributed by atoms with Crippen molar-refractivity contribution in [3.05, 3.63) is 70.5 Å². The molecule has 2 heterocycles. The Balaban J connectivity index is 1.25. The number of piperazine rings is 1. The third-order valence-corrected chi connectivity index (χ3v) is 6.06. The molecular weight excluding hydrogens is 447 g/mol. The standard InChI is InChI=1S/C24H24ClFN4O3/c25-18-6-7-20(26)19(16-18)24(33)29-14-12-28(13-15-29)22(31)8-9-23(32)30-11-10-21(27-30)17-4-2-1-3-5-17/h1-7,16H,8-15H2. The molecule has 0 radical (unpaired) electrons. The second-order valence-electron chi connectivity index (χ2n) is 7.98. The van der Waals surface area contributed by atoms with E-state index in [-0.39, 0.29) is 35.2 Å². The van der Waals surface area contributed by atoms with E-state index in [4.69, 9.17) is 11.6 Å². The molecule has 0 aromatic heterocycles. The van der Waals surface area contributed by atoms with Gasteiger partial charge in [0.15, 0.2) is 0 Å². The summed E-state index contributed by atoms with van der Waals surface area (Å²) in [6, 6.07) is 13.6. The van der Waals surface area contributed by atoms with Crippen LogP contribution < -0.4 is 0 Å². The van der Waals surface area contributed by atoms with E-state index < -0.39 is 11.7 Å². The average molecular weight is 471 g/mol. The maximum atomic E-state index is 14.0. The predicted octanol–water partition coefficient (Wildman–Crippen LogP) is 3.18. The van der Waals surface area contributed by atoms with E-state index in [0.717, 1.165) is 11.3 Å². The lowest BCUT2D eigenvalue weighted by Crippen LogP contribution is -2.50. The molecule has 172 valence electrons. The first-order chi connectivity index (χ1) is 15.9. The minimum absolute atomic E-state index is 0.0751. The average Bonchev–Trinajstić information content (AvgIpc) is 3.34. The van der Waals surface area contributed by atoms with Crippen molar-refractivity contribution in [2.75, 3.05) is 32.7 Å². The number of hydrogen-bond acceptors (Lipinski definition) is 4. The van der Waals surface area contributed by atoms with Gasteiger partial charge in [-0.1, -0.05) is 41.9 Å². The van der Waals surface area contributed by atoms with Crippen molar-refractivity contribution in [3.8, 4) is 0 Å². The van der Waals surface area contributed by atoms with E-state index >= 15 is 0 Å². The summed E-state index contributed by atoms with van der Waals surface area (Å²) >= 11 is 5.88. The number of hydrazone groups is 1. The van der Waals surface area contributed by atoms with Crippen LogP contribution in [0, 0.1) is 5.82 Å². The summed E-state index contributed by atoms with van der Waals surface area (Å²) in [6.07, 6.45) is 0.854. The molecule has 2 aromatic rings. The van der Waals surface area contributed by atoms with Gasteiger partial charge in [0.2, 0.25) is 11.8 Å². The molecule has 33 heavy (non-hydrogen) atoms. The van der Waals surface area contributed by atoms with Gasteiger partial charge in [-0.15, -0.1) is 0 Å². The zero-order chi connectivity index (χ0) is 23.4. The van der Waals surface area contributed by atoms with Crippen molar-refractivity contribution in [2.45, 2.75) is 19.3 Å². The van der Waals surface area contributed by atoms with Gasteiger partial charge in [0, 0.05) is 50.5 Å². The molecule has 3 amide bonds. The largest absolute Gasteiger partial charge is 0.339 e. The van der Waals surface area contributed by atoms with Crippen LogP contribution in [-0.2, 0) is 9.59 Å². The van der Waals surface area contributed by atoms with Gasteiger partial charge in [0.1, 0.15) is 5.82 Å². The molecule has 0 spiro atoms. The fourth-order valence-corrected chi connectivity index (χ4v) is 4.13. The van der Waals surface area contributed by atoms with Crippen LogP contribution >= 0.6 is 11.6 Å². The normalized spacial score (nSPS) is 16.1. The highest BCUT2D eigenvalue weighted by Crippen LogP contribution is 2.19. The maximum absolute atomic E-state index is 14.0. The van der Waals surface area contributed by atoms with Crippen molar-refractivity contribution < 1.29 is 18.8 Å². The van der Waals surface area contributed by atoms with E-state index in [0.29, 0.717) is 39.1 Å². The summed E-state index contributed by atoms with van der Waals surface area (Å²) in [7, 11) is 0. The van der Waals surface area contributed by atoms with Gasteiger partial charge in [-0.05, 0) is 23.8 Å². The Bertz CT molecular complexity index is 1080. The first kappa shape index (κ1) is 22.9. The van der Waals surface area contributed by atoms with Crippen LogP contribution in [0.3, 0.4) is 0 Å². The molecule has 0 N–H and O–H groups in total. The van der Waals surface area contributed by atoms with Crippen molar-refractivity contribution in [1.29, 1.82) is 0 Å². The number of rotatable bonds is 5. The van der Waals surface area contributed by atoms with Gasteiger partial charge in [-0.3, -0.25) is 14.4 Å². The summed E-state index contributed by atoms with van der Waals surface area (Å²) in [6.45, 7) is 1.77. The van der Waals surface area contributed by atoms with Crippen LogP contribution in [0.1, 0.15) is 35.2 Å². The Morgan fingerprint density at radius 3 is 2.27 bits per heavy atom. The topological polar surface area (TPSA) is 73.3 Å². The van der Waals surface area contributed by atoms with Gasteiger partial charge in [0.25, 0.3) is 5.91 Å². The lowest BCUT2D eigenvalue weighted by Gasteiger charge is -2.35. The smallest absolute Gasteiger partial charge is 0.257 e. The van der Waals surface area contributed by atoms with E-state index in [9.17, 15) is 18.8 Å². The summed E-state index contributed by atoms with van der Waals surface area (Å²) in [5.41, 5.74) is 1.79. The van der Waals surface area contributed by atoms with E-state index in [2.05, 4.69) is 5.10 Å². The van der Waals surface area contributed by atoms with Crippen LogP contribution in [0.25, 0.3) is 0 Å². The third-order valence-electron chi connectivity index (χ3n) is 5.83. The Labute approximate surface area is 196 Å². The first-order valence-corrected chi connectivity index (χ1v) is 11.3. The van der Waals surface area contributed by atoms with Gasteiger partial charge in [0.05, 0.1) is 17.8 Å². The molecule has 9 heteroatoms. The number of carbonyl (C=O) groups excluding carboxylic acids is 3. The Morgan fingerprint density at radius 1 is 0.879 bits per heavy atom. The number of carbonyl (C=O) groups is 3. The number of benzene rings is 2. The lowest BCUT2D eigenvalue weighted by molar-refractivity contribution is -0.137. The number of halogens is 2. The van der Waals surface area contributed by atoms with E-state index in [1.807, 2.05) is 30.3 Å². The van der Waals surface area contributed by atoms with Crippen molar-refractivity contribution in [1.82, 2.24) is 14.8 Å². The second-order valence-corrected chi connectivity index (χ2v) is 8.41. The van der Waals surface area contributed by atoms with E-state index in [1.54, 1.807) is 4.90 Å². The molecule has 1 saturated heterocycles. The molecule has 7 nitrogen and oxygen atoms in total. The summed E-state index contributed by atoms with van der Waals surface area (Å²) in [5.74, 6) is -1.39. The first-order valence-electron chi connectivity index (χ1n) is 10.9. The molecule has 1 fully saturated rings. The number of nitrogens with zero attached hydrogens (tertiary/aromatic N) is 4. The predicted molar refractivity (Wildman–Crippen MR) is 122 cm³/mol. The monoisotopic (exact) mass is 470 g/mol. The van der Waals surface area contributed by atoms with Gasteiger partial charge >= 0.3 is 0 Å². The SMILES string of the molecule is O=C(CCC(=O)N1CCC(c2ccccc2)=N1)N1CCN(C(=O)c2cc(Cl)ccc2F)CC1. The highest BCUT2D eigenvalue weighted by Gasteiger charge is 2.27. The minimum atomic E-state index is -0.624. The molecule has 0 saturated carbocycles. The highest BCUT2D eigenvalue weighted by atomic mass is 35.5. The zero-order valence-electron chi connectivity index (χ0n) is 18.0. The molecule has 2 aliphatic rings. The van der Waals surface area contributed by atoms with Crippen molar-refractivity contribution in [3.63, 3.8) is 0 Å². The van der Waals surface area contributed by atoms with Crippen LogP contribution in [0.15, 0.2) is 53.6 Å². The fourth-order valence-electron chi connectivity index (χ4n) is 3.96. The molecule has 0 bridgehead atoms. The maximum Gasteiger partial charge on any atom is 0.257 e. The summed E-state index contributed by atoms with van der Waals surface area (Å²) < 4.78 is 14.0. The van der Waals surface area contributed by atoms with Crippen LogP contribution in [0.2, 0.25) is 5.02 Å². The fraction of sp³-hybridized carbons (Fsp3) is 0.333. The molecule has 4 rings (SSSR count). The van der Waals surface area contributed by atoms with E-state index in [1.165, 1.54) is 28.1 Å². The Hall–Kier alpha value is -3.26. The number of amides is 3. The molecule has 2 aliphatic heterocycles. The van der Waals surface area contributed by atoms with Crippen LogP contribution in [0.4, 0.5) is 4.39 Å². The molecule has 0 atom stereocenters. The quantitative estimate of drug-likeness (QED) is 0.673. The summed E-state index contributed by atoms with van der Waals surface area (Å²) in [4.78, 5) is 40.8. The lowest BCUT2D eigenvalue weighted by atomic mass is 10.1. The zero-order valence-corrected chi connectivity index (χ0v) is 18.8. The van der Waals surface area contributed by atoms with Gasteiger partial charge < -0.3 is 9.80 Å². The molecule has 2 aromatic carbocycles. The second kappa shape index (κ2) is 10.1. The highest BCUT2D eigenvalue weighted by molar-refractivity contribution is 6.31. The number of hydrogen-bond donors (Lipinski definition) is 0. The van der Waals surface area contributed by atoms with Gasteiger partial charge in [-0.2, -0.15) is 5.10 Å². The molecular formula is C24H24ClFN4O3. The Kier molecular flexibility index (Phi) is 7.03. The van der Waals surface area contributed by atoms with Crippen LogP contribution in [0.5, 0.6) is 0 Å². The van der Waals surface area contributed by atoms with Crippen molar-refractivity contribution in [2.24, 2.45) is 5.10 Å². The molecule has 0 unspecified atom stereocenters. The summed E-state index contributed by atoms with van der Waals surface area (Å²) in [5, 5.41) is 6.14. The third kappa shape index (κ3) is 5.39. The van der Waals surface area contributed by atoms with Crippen molar-refractivity contribution >= 4 is 35.0 Å². The Morgan fingerprint density at radius 2 is 1.55 bits per heavy atom. The van der Waals surface area contributed by atoms with Gasteiger partial charge in [-0.25, -0.2) is 9.40 Å². The molecule has 0 aliphatic carbocycles. The minimum Gasteiger partial charge on any atom is -0.339 e.